The van der Waals surface area contributed by atoms with Gasteiger partial charge in [0.15, 0.2) is 0 Å². The highest BCUT2D eigenvalue weighted by atomic mass is 35.5. The van der Waals surface area contributed by atoms with E-state index in [1.807, 2.05) is 12.1 Å². The standard InChI is InChI=1S/C14H13ClN4O2/c15-10-6-13(19(20)21)14(17-8-10)18-12-3-1-2-9-7-16-5-4-11(9)12/h1-3,6,8,16H,4-5,7H2,(H,17,18). The molecule has 2 heterocycles. The van der Waals surface area contributed by atoms with Crippen molar-refractivity contribution in [3.8, 4) is 0 Å². The summed E-state index contributed by atoms with van der Waals surface area (Å²) in [5.74, 6) is 0.205. The van der Waals surface area contributed by atoms with Crippen LogP contribution in [0, 0.1) is 10.1 Å². The van der Waals surface area contributed by atoms with Crippen molar-refractivity contribution in [1.82, 2.24) is 10.3 Å². The first-order valence-corrected chi connectivity index (χ1v) is 6.91. The van der Waals surface area contributed by atoms with E-state index in [0.29, 0.717) is 0 Å². The maximum absolute atomic E-state index is 11.1. The third-order valence-electron chi connectivity index (χ3n) is 3.42. The van der Waals surface area contributed by atoms with Crippen molar-refractivity contribution in [2.75, 3.05) is 11.9 Å². The molecule has 0 spiro atoms. The summed E-state index contributed by atoms with van der Waals surface area (Å²) in [5.41, 5.74) is 3.09. The molecule has 7 heteroatoms. The highest BCUT2D eigenvalue weighted by Crippen LogP contribution is 2.31. The fraction of sp³-hybridized carbons (Fsp3) is 0.214. The van der Waals surface area contributed by atoms with Crippen LogP contribution in [0.1, 0.15) is 11.1 Å². The van der Waals surface area contributed by atoms with Crippen LogP contribution in [-0.4, -0.2) is 16.5 Å². The molecule has 1 aliphatic heterocycles. The first-order chi connectivity index (χ1) is 10.1. The third-order valence-corrected chi connectivity index (χ3v) is 3.63. The van der Waals surface area contributed by atoms with Gasteiger partial charge >= 0.3 is 5.69 Å². The lowest BCUT2D eigenvalue weighted by Gasteiger charge is -2.20. The lowest BCUT2D eigenvalue weighted by Crippen LogP contribution is -2.24. The van der Waals surface area contributed by atoms with Crippen LogP contribution >= 0.6 is 11.6 Å². The molecule has 1 aliphatic rings. The van der Waals surface area contributed by atoms with Gasteiger partial charge in [-0.1, -0.05) is 23.7 Å². The molecule has 6 nitrogen and oxygen atoms in total. The van der Waals surface area contributed by atoms with Crippen molar-refractivity contribution in [1.29, 1.82) is 0 Å². The number of halogens is 1. The number of nitrogens with one attached hydrogen (secondary N) is 2. The van der Waals surface area contributed by atoms with Crippen molar-refractivity contribution < 1.29 is 4.92 Å². The number of aromatic nitrogens is 1. The summed E-state index contributed by atoms with van der Waals surface area (Å²) in [6.07, 6.45) is 2.27. The van der Waals surface area contributed by atoms with Gasteiger partial charge < -0.3 is 10.6 Å². The molecule has 3 rings (SSSR count). The SMILES string of the molecule is O=[N+]([O-])c1cc(Cl)cnc1Nc1cccc2c1CCNC2. The molecule has 108 valence electrons. The predicted molar refractivity (Wildman–Crippen MR) is 81.0 cm³/mol. The number of anilines is 2. The summed E-state index contributed by atoms with van der Waals surface area (Å²) in [5, 5.41) is 17.7. The molecule has 1 aromatic heterocycles. The van der Waals surface area contributed by atoms with Crippen molar-refractivity contribution in [3.63, 3.8) is 0 Å². The fourth-order valence-corrected chi connectivity index (χ4v) is 2.59. The van der Waals surface area contributed by atoms with Crippen LogP contribution in [0.5, 0.6) is 0 Å². The highest BCUT2D eigenvalue weighted by molar-refractivity contribution is 6.30. The smallest absolute Gasteiger partial charge is 0.313 e. The molecule has 0 radical (unpaired) electrons. The van der Waals surface area contributed by atoms with Gasteiger partial charge in [0.25, 0.3) is 0 Å². The maximum atomic E-state index is 11.1. The molecule has 0 unspecified atom stereocenters. The Morgan fingerprint density at radius 3 is 3.10 bits per heavy atom. The van der Waals surface area contributed by atoms with Gasteiger partial charge in [0, 0.05) is 24.5 Å². The van der Waals surface area contributed by atoms with E-state index in [9.17, 15) is 10.1 Å². The molecule has 0 saturated heterocycles. The summed E-state index contributed by atoms with van der Waals surface area (Å²) in [6.45, 7) is 1.70. The third kappa shape index (κ3) is 2.81. The zero-order valence-electron chi connectivity index (χ0n) is 11.1. The summed E-state index contributed by atoms with van der Waals surface area (Å²) >= 11 is 5.78. The van der Waals surface area contributed by atoms with Crippen LogP contribution in [-0.2, 0) is 13.0 Å². The maximum Gasteiger partial charge on any atom is 0.313 e. The molecular weight excluding hydrogens is 292 g/mol. The van der Waals surface area contributed by atoms with Gasteiger partial charge in [-0.3, -0.25) is 10.1 Å². The number of nitrogens with zero attached hydrogens (tertiary/aromatic N) is 2. The van der Waals surface area contributed by atoms with Crippen molar-refractivity contribution in [2.24, 2.45) is 0 Å². The molecule has 2 N–H and O–H groups in total. The largest absolute Gasteiger partial charge is 0.334 e. The fourth-order valence-electron chi connectivity index (χ4n) is 2.44. The molecule has 21 heavy (non-hydrogen) atoms. The monoisotopic (exact) mass is 304 g/mol. The number of hydrogen-bond donors (Lipinski definition) is 2. The molecule has 0 aliphatic carbocycles. The van der Waals surface area contributed by atoms with E-state index in [0.717, 1.165) is 25.2 Å². The quantitative estimate of drug-likeness (QED) is 0.673. The molecule has 0 bridgehead atoms. The number of pyridine rings is 1. The highest BCUT2D eigenvalue weighted by Gasteiger charge is 2.19. The molecule has 0 atom stereocenters. The minimum atomic E-state index is -0.488. The van der Waals surface area contributed by atoms with Crippen LogP contribution in [0.15, 0.2) is 30.5 Å². The minimum Gasteiger partial charge on any atom is -0.334 e. The van der Waals surface area contributed by atoms with Gasteiger partial charge in [-0.15, -0.1) is 0 Å². The Morgan fingerprint density at radius 2 is 2.29 bits per heavy atom. The molecule has 0 amide bonds. The van der Waals surface area contributed by atoms with Gasteiger partial charge in [0.1, 0.15) is 0 Å². The van der Waals surface area contributed by atoms with Gasteiger partial charge in [0.05, 0.1) is 9.95 Å². The van der Waals surface area contributed by atoms with Gasteiger partial charge in [-0.05, 0) is 30.2 Å². The Kier molecular flexibility index (Phi) is 3.72. The van der Waals surface area contributed by atoms with Crippen LogP contribution in [0.2, 0.25) is 5.02 Å². The summed E-state index contributed by atoms with van der Waals surface area (Å²) < 4.78 is 0. The number of rotatable bonds is 3. The Balaban J connectivity index is 2.00. The van der Waals surface area contributed by atoms with Crippen LogP contribution < -0.4 is 10.6 Å². The van der Waals surface area contributed by atoms with E-state index in [1.165, 1.54) is 23.4 Å². The first kappa shape index (κ1) is 13.8. The normalized spacial score (nSPS) is 13.6. The van der Waals surface area contributed by atoms with Gasteiger partial charge in [-0.25, -0.2) is 4.98 Å². The summed E-state index contributed by atoms with van der Waals surface area (Å²) in [6, 6.07) is 7.18. The molecule has 1 aromatic carbocycles. The Morgan fingerprint density at radius 1 is 1.43 bits per heavy atom. The van der Waals surface area contributed by atoms with Crippen molar-refractivity contribution in [2.45, 2.75) is 13.0 Å². The van der Waals surface area contributed by atoms with E-state index in [1.54, 1.807) is 0 Å². The van der Waals surface area contributed by atoms with E-state index in [2.05, 4.69) is 21.7 Å². The molecule has 0 saturated carbocycles. The average molecular weight is 305 g/mol. The van der Waals surface area contributed by atoms with Crippen LogP contribution in [0.25, 0.3) is 0 Å². The van der Waals surface area contributed by atoms with Crippen molar-refractivity contribution >= 4 is 28.8 Å². The van der Waals surface area contributed by atoms with Crippen LogP contribution in [0.4, 0.5) is 17.2 Å². The minimum absolute atomic E-state index is 0.131. The van der Waals surface area contributed by atoms with Gasteiger partial charge in [0.2, 0.25) is 5.82 Å². The molecular formula is C14H13ClN4O2. The second-order valence-corrected chi connectivity index (χ2v) is 5.21. The number of fused-ring (bicyclic) bond motifs is 1. The van der Waals surface area contributed by atoms with E-state index >= 15 is 0 Å². The number of hydrogen-bond acceptors (Lipinski definition) is 5. The van der Waals surface area contributed by atoms with E-state index in [4.69, 9.17) is 11.6 Å². The molecule has 2 aromatic rings. The lowest BCUT2D eigenvalue weighted by molar-refractivity contribution is -0.384. The van der Waals surface area contributed by atoms with E-state index in [-0.39, 0.29) is 16.5 Å². The molecule has 0 fully saturated rings. The van der Waals surface area contributed by atoms with E-state index < -0.39 is 4.92 Å². The lowest BCUT2D eigenvalue weighted by atomic mass is 9.99. The summed E-state index contributed by atoms with van der Waals surface area (Å²) in [4.78, 5) is 14.7. The zero-order valence-corrected chi connectivity index (χ0v) is 11.9. The Labute approximate surface area is 126 Å². The Hall–Kier alpha value is -2.18. The topological polar surface area (TPSA) is 80.1 Å². The first-order valence-electron chi connectivity index (χ1n) is 6.53. The van der Waals surface area contributed by atoms with Gasteiger partial charge in [-0.2, -0.15) is 0 Å². The Bertz CT molecular complexity index is 705. The second kappa shape index (κ2) is 5.67. The zero-order chi connectivity index (χ0) is 14.8. The average Bonchev–Trinajstić information content (AvgIpc) is 2.49. The van der Waals surface area contributed by atoms with Crippen molar-refractivity contribution in [3.05, 3.63) is 56.7 Å². The van der Waals surface area contributed by atoms with Crippen LogP contribution in [0.3, 0.4) is 0 Å². The summed E-state index contributed by atoms with van der Waals surface area (Å²) in [7, 11) is 0. The number of benzene rings is 1. The number of nitro groups is 1. The predicted octanol–water partition coefficient (Wildman–Crippen LogP) is 3.03. The second-order valence-electron chi connectivity index (χ2n) is 4.77.